The van der Waals surface area contributed by atoms with Crippen molar-refractivity contribution in [2.45, 2.75) is 55.4 Å². The van der Waals surface area contributed by atoms with E-state index in [2.05, 4.69) is 177 Å². The number of aromatic nitrogens is 4. The van der Waals surface area contributed by atoms with Gasteiger partial charge in [0.15, 0.2) is 0 Å². The number of fused-ring (bicyclic) bond motifs is 8. The number of rotatable bonds is 4. The normalized spacial score (nSPS) is 12.9. The molecule has 4 aromatic carbocycles. The fourth-order valence-corrected chi connectivity index (χ4v) is 8.45. The van der Waals surface area contributed by atoms with Gasteiger partial charge in [-0.2, -0.15) is 0 Å². The highest BCUT2D eigenvalue weighted by molar-refractivity contribution is 6.08. The summed E-state index contributed by atoms with van der Waals surface area (Å²) in [5.74, 6) is 0. The molecule has 4 nitrogen and oxygen atoms in total. The van der Waals surface area contributed by atoms with Crippen LogP contribution in [0.4, 0.5) is 0 Å². The Morgan fingerprint density at radius 1 is 0.286 bits per heavy atom. The van der Waals surface area contributed by atoms with Gasteiger partial charge in [0.2, 0.25) is 0 Å². The van der Waals surface area contributed by atoms with Gasteiger partial charge < -0.3 is 9.97 Å². The molecule has 0 aliphatic carbocycles. The number of allylic oxidation sites excluding steroid dienone is 4. The van der Waals surface area contributed by atoms with Crippen molar-refractivity contribution in [3.8, 4) is 44.5 Å². The molecule has 56 heavy (non-hydrogen) atoms. The van der Waals surface area contributed by atoms with Crippen molar-refractivity contribution in [2.24, 2.45) is 0 Å². The summed E-state index contributed by atoms with van der Waals surface area (Å²) >= 11 is 0. The first kappa shape index (κ1) is 35.2. The summed E-state index contributed by atoms with van der Waals surface area (Å²) in [6, 6.07) is 42.6. The number of hydrogen-bond donors (Lipinski definition) is 0. The first-order valence-corrected chi connectivity index (χ1v) is 19.4. The van der Waals surface area contributed by atoms with Crippen molar-refractivity contribution in [3.63, 3.8) is 0 Å². The molecule has 7 aromatic rings. The van der Waals surface area contributed by atoms with Crippen LogP contribution in [0.1, 0.15) is 72.7 Å². The summed E-state index contributed by atoms with van der Waals surface area (Å²) in [4.78, 5) is 22.7. The third kappa shape index (κ3) is 5.43. The van der Waals surface area contributed by atoms with E-state index in [1.807, 2.05) is 0 Å². The third-order valence-corrected chi connectivity index (χ3v) is 12.1. The fourth-order valence-electron chi connectivity index (χ4n) is 8.45. The summed E-state index contributed by atoms with van der Waals surface area (Å²) in [6.45, 7) is 17.7. The van der Waals surface area contributed by atoms with Crippen LogP contribution in [0.5, 0.6) is 0 Å². The quantitative estimate of drug-likeness (QED) is 0.181. The molecule has 0 unspecified atom stereocenters. The van der Waals surface area contributed by atoms with E-state index in [0.29, 0.717) is 0 Å². The molecule has 9 rings (SSSR count). The van der Waals surface area contributed by atoms with Gasteiger partial charge in [0.25, 0.3) is 0 Å². The fraction of sp³-hybridized carbons (Fsp3) is 0.154. The smallest absolute Gasteiger partial charge is 0.0736 e. The maximum absolute atomic E-state index is 5.68. The predicted molar refractivity (Wildman–Crippen MR) is 236 cm³/mol. The van der Waals surface area contributed by atoms with E-state index in [1.54, 1.807) is 0 Å². The Hall–Kier alpha value is -6.52. The molecule has 0 spiro atoms. The molecule has 0 saturated heterocycles. The van der Waals surface area contributed by atoms with Crippen LogP contribution in [0.3, 0.4) is 0 Å². The van der Waals surface area contributed by atoms with Crippen LogP contribution in [0.25, 0.3) is 88.9 Å². The molecule has 0 atom stereocenters. The molecule has 8 bridgehead atoms. The van der Waals surface area contributed by atoms with Crippen LogP contribution in [0.2, 0.25) is 0 Å². The predicted octanol–water partition coefficient (Wildman–Crippen LogP) is 13.4. The van der Waals surface area contributed by atoms with Gasteiger partial charge in [-0.15, -0.1) is 22.1 Å². The maximum atomic E-state index is 5.68. The van der Waals surface area contributed by atoms with E-state index < -0.39 is 0 Å². The van der Waals surface area contributed by atoms with Crippen LogP contribution >= 0.6 is 0 Å². The number of hydrogen-bond acceptors (Lipinski definition) is 2. The minimum atomic E-state index is 0.941. The highest BCUT2D eigenvalue weighted by Gasteiger charge is 2.25. The number of nitrogens with zero attached hydrogens (tertiary/aromatic N) is 4. The zero-order valence-corrected chi connectivity index (χ0v) is 33.3. The third-order valence-electron chi connectivity index (χ3n) is 12.1. The van der Waals surface area contributed by atoms with E-state index in [-0.39, 0.29) is 0 Å². The van der Waals surface area contributed by atoms with Gasteiger partial charge in [0.05, 0.1) is 22.8 Å². The van der Waals surface area contributed by atoms with Crippen LogP contribution in [-0.2, 0) is 0 Å². The van der Waals surface area contributed by atoms with Crippen molar-refractivity contribution in [1.82, 2.24) is 19.9 Å². The SMILES string of the molecule is CC1=C(C)c2nc1c(-c1ccccc1)c1[n-]c(c(C)c1C)c(-c1ccccc1)c1nc(c(-c3ccccc3)c3[n-]c(c(C)c3C)c2-c2ccccc2)C(C)=C1C. The van der Waals surface area contributed by atoms with Gasteiger partial charge in [-0.1, -0.05) is 144 Å². The lowest BCUT2D eigenvalue weighted by atomic mass is 9.94. The first-order valence-electron chi connectivity index (χ1n) is 19.4. The average molecular weight is 725 g/mol. The summed E-state index contributed by atoms with van der Waals surface area (Å²) in [5, 5.41) is 0. The standard InChI is InChI=1S/C52H44N4/c1-29-30(2)46-42(38-23-15-10-16-24-38)48-33(5)34(6)50(55-48)44(40-27-19-12-20-28-40)52-36(8)35(7)51(56-52)43(39-25-17-11-18-26-39)49-32(4)31(3)47(54-49)41(45(29)53-46)37-21-13-9-14-22-37/h9-28H,1-8H3/q-2. The Morgan fingerprint density at radius 3 is 0.679 bits per heavy atom. The van der Waals surface area contributed by atoms with Gasteiger partial charge in [-0.3, -0.25) is 0 Å². The van der Waals surface area contributed by atoms with Crippen LogP contribution in [-0.4, -0.2) is 9.97 Å². The molecule has 274 valence electrons. The highest BCUT2D eigenvalue weighted by Crippen LogP contribution is 2.46. The minimum absolute atomic E-state index is 0.941. The Morgan fingerprint density at radius 2 is 0.482 bits per heavy atom. The Kier molecular flexibility index (Phi) is 8.58. The molecule has 0 N–H and O–H groups in total. The molecule has 5 heterocycles. The topological polar surface area (TPSA) is 54.0 Å². The summed E-state index contributed by atoms with van der Waals surface area (Å²) < 4.78 is 0. The average Bonchev–Trinajstić information content (AvgIpc) is 3.89. The van der Waals surface area contributed by atoms with E-state index in [1.165, 1.54) is 0 Å². The van der Waals surface area contributed by atoms with Gasteiger partial charge in [0, 0.05) is 0 Å². The van der Waals surface area contributed by atoms with Gasteiger partial charge in [0.1, 0.15) is 0 Å². The van der Waals surface area contributed by atoms with Gasteiger partial charge in [-0.25, -0.2) is 9.97 Å². The van der Waals surface area contributed by atoms with Gasteiger partial charge in [-0.05, 0) is 122 Å². The molecule has 2 aliphatic rings. The van der Waals surface area contributed by atoms with Crippen molar-refractivity contribution in [1.29, 1.82) is 0 Å². The van der Waals surface area contributed by atoms with Crippen LogP contribution in [0, 0.1) is 27.7 Å². The Balaban J connectivity index is 1.63. The second-order valence-corrected chi connectivity index (χ2v) is 15.2. The lowest BCUT2D eigenvalue weighted by molar-refractivity contribution is 1.28. The molecular formula is C52H44N4-2. The van der Waals surface area contributed by atoms with Crippen molar-refractivity contribution in [3.05, 3.63) is 166 Å². The van der Waals surface area contributed by atoms with Crippen molar-refractivity contribution < 1.29 is 0 Å². The molecule has 4 heteroatoms. The zero-order valence-electron chi connectivity index (χ0n) is 33.3. The first-order chi connectivity index (χ1) is 27.2. The minimum Gasteiger partial charge on any atom is -0.656 e. The largest absolute Gasteiger partial charge is 0.656 e. The molecule has 2 aliphatic heterocycles. The highest BCUT2D eigenvalue weighted by atomic mass is 14.8. The second kappa shape index (κ2) is 13.6. The number of benzene rings is 4. The lowest BCUT2D eigenvalue weighted by Gasteiger charge is -2.15. The molecule has 0 fully saturated rings. The van der Waals surface area contributed by atoms with Crippen LogP contribution in [0.15, 0.2) is 121 Å². The van der Waals surface area contributed by atoms with Crippen molar-refractivity contribution in [2.75, 3.05) is 0 Å². The molecule has 0 radical (unpaired) electrons. The summed E-state index contributed by atoms with van der Waals surface area (Å²) in [7, 11) is 0. The Bertz CT molecular complexity index is 2550. The van der Waals surface area contributed by atoms with E-state index in [4.69, 9.17) is 19.9 Å². The van der Waals surface area contributed by atoms with E-state index >= 15 is 0 Å². The van der Waals surface area contributed by atoms with Crippen LogP contribution < -0.4 is 9.97 Å². The second-order valence-electron chi connectivity index (χ2n) is 15.2. The monoisotopic (exact) mass is 724 g/mol. The van der Waals surface area contributed by atoms with Crippen molar-refractivity contribution >= 4 is 44.4 Å². The number of aryl methyl sites for hydroxylation is 4. The molecule has 0 saturated carbocycles. The molecule has 0 amide bonds. The van der Waals surface area contributed by atoms with E-state index in [9.17, 15) is 0 Å². The summed E-state index contributed by atoms with van der Waals surface area (Å²) in [6.07, 6.45) is 0. The van der Waals surface area contributed by atoms with Gasteiger partial charge >= 0.3 is 0 Å². The summed E-state index contributed by atoms with van der Waals surface area (Å²) in [5.41, 5.74) is 25.1. The molecular weight excluding hydrogens is 681 g/mol. The zero-order chi connectivity index (χ0) is 38.8. The Labute approximate surface area is 329 Å². The lowest BCUT2D eigenvalue weighted by Crippen LogP contribution is -1.92. The van der Waals surface area contributed by atoms with E-state index in [0.717, 1.165) is 134 Å². The molecule has 3 aromatic heterocycles. The maximum Gasteiger partial charge on any atom is 0.0736 e.